The number of carboxylic acids is 1. The first-order valence-corrected chi connectivity index (χ1v) is 6.98. The summed E-state index contributed by atoms with van der Waals surface area (Å²) in [6.45, 7) is 0. The minimum atomic E-state index is -1.58. The van der Waals surface area contributed by atoms with Crippen LogP contribution in [0.15, 0.2) is 53.4 Å². The average Bonchev–Trinajstić information content (AvgIpc) is 2.46. The zero-order chi connectivity index (χ0) is 13.8. The fourth-order valence-electron chi connectivity index (χ4n) is 1.86. The lowest BCUT2D eigenvalue weighted by molar-refractivity contribution is -0.315. The molecular formula is C15H13O3S-. The van der Waals surface area contributed by atoms with Crippen molar-refractivity contribution >= 4 is 17.7 Å². The van der Waals surface area contributed by atoms with E-state index in [1.54, 1.807) is 36.0 Å². The van der Waals surface area contributed by atoms with Gasteiger partial charge in [0.15, 0.2) is 0 Å². The van der Waals surface area contributed by atoms with Crippen molar-refractivity contribution in [1.82, 2.24) is 0 Å². The Labute approximate surface area is 115 Å². The standard InChI is InChI=1S/C15H14O3S/c1-19-13-5-3-2-4-12(13)10-6-8-11(9-7-10)14(16)15(17)18/h2-9,14,16H,1H3,(H,17,18)/p-1. The van der Waals surface area contributed by atoms with E-state index in [2.05, 4.69) is 0 Å². The van der Waals surface area contributed by atoms with Crippen LogP contribution in [-0.2, 0) is 4.79 Å². The molecule has 0 fully saturated rings. The van der Waals surface area contributed by atoms with Crippen LogP contribution in [0.1, 0.15) is 11.7 Å². The Hall–Kier alpha value is -1.78. The van der Waals surface area contributed by atoms with Gasteiger partial charge in [0.25, 0.3) is 0 Å². The van der Waals surface area contributed by atoms with Crippen molar-refractivity contribution in [3.8, 4) is 11.1 Å². The second kappa shape index (κ2) is 5.91. The van der Waals surface area contributed by atoms with E-state index in [0.29, 0.717) is 5.56 Å². The van der Waals surface area contributed by atoms with Crippen LogP contribution >= 0.6 is 11.8 Å². The average molecular weight is 273 g/mol. The van der Waals surface area contributed by atoms with E-state index < -0.39 is 12.1 Å². The van der Waals surface area contributed by atoms with E-state index in [1.165, 1.54) is 0 Å². The first kappa shape index (κ1) is 13.6. The first-order valence-electron chi connectivity index (χ1n) is 5.75. The molecule has 0 saturated heterocycles. The molecule has 1 atom stereocenters. The molecule has 0 saturated carbocycles. The summed E-state index contributed by atoms with van der Waals surface area (Å²) in [5, 5.41) is 20.0. The number of hydrogen-bond donors (Lipinski definition) is 1. The van der Waals surface area contributed by atoms with Crippen LogP contribution in [0.3, 0.4) is 0 Å². The number of aliphatic carboxylic acids is 1. The van der Waals surface area contributed by atoms with Gasteiger partial charge in [-0.1, -0.05) is 42.5 Å². The molecule has 0 heterocycles. The fraction of sp³-hybridized carbons (Fsp3) is 0.133. The van der Waals surface area contributed by atoms with Crippen molar-refractivity contribution < 1.29 is 15.0 Å². The van der Waals surface area contributed by atoms with Crippen molar-refractivity contribution in [2.45, 2.75) is 11.0 Å². The summed E-state index contributed by atoms with van der Waals surface area (Å²) in [7, 11) is 0. The lowest BCUT2D eigenvalue weighted by Gasteiger charge is -2.13. The molecule has 1 N–H and O–H groups in total. The molecule has 2 rings (SSSR count). The minimum Gasteiger partial charge on any atom is -0.547 e. The molecular weight excluding hydrogens is 260 g/mol. The maximum Gasteiger partial charge on any atom is 0.118 e. The number of rotatable bonds is 4. The second-order valence-electron chi connectivity index (χ2n) is 4.04. The number of aliphatic hydroxyl groups is 1. The maximum atomic E-state index is 10.6. The molecule has 19 heavy (non-hydrogen) atoms. The molecule has 3 nitrogen and oxygen atoms in total. The van der Waals surface area contributed by atoms with Crippen LogP contribution in [0.25, 0.3) is 11.1 Å². The molecule has 2 aromatic carbocycles. The maximum absolute atomic E-state index is 10.6. The van der Waals surface area contributed by atoms with Crippen LogP contribution in [0, 0.1) is 0 Å². The quantitative estimate of drug-likeness (QED) is 0.864. The summed E-state index contributed by atoms with van der Waals surface area (Å²) < 4.78 is 0. The monoisotopic (exact) mass is 273 g/mol. The summed E-state index contributed by atoms with van der Waals surface area (Å²) >= 11 is 1.65. The van der Waals surface area contributed by atoms with Gasteiger partial charge in [-0.05, 0) is 29.0 Å². The van der Waals surface area contributed by atoms with Crippen LogP contribution in [-0.4, -0.2) is 17.3 Å². The van der Waals surface area contributed by atoms with Crippen LogP contribution in [0.5, 0.6) is 0 Å². The lowest BCUT2D eigenvalue weighted by atomic mass is 10.0. The summed E-state index contributed by atoms with van der Waals surface area (Å²) in [5.74, 6) is -1.49. The molecule has 0 aliphatic rings. The van der Waals surface area contributed by atoms with Gasteiger partial charge in [-0.15, -0.1) is 11.8 Å². The first-order chi connectivity index (χ1) is 9.13. The smallest absolute Gasteiger partial charge is 0.118 e. The molecule has 98 valence electrons. The Morgan fingerprint density at radius 1 is 1.16 bits per heavy atom. The molecule has 1 unspecified atom stereocenters. The van der Waals surface area contributed by atoms with Gasteiger partial charge in [0.05, 0.1) is 5.97 Å². The van der Waals surface area contributed by atoms with E-state index in [1.807, 2.05) is 30.5 Å². The number of aliphatic hydroxyl groups excluding tert-OH is 1. The topological polar surface area (TPSA) is 60.4 Å². The van der Waals surface area contributed by atoms with Gasteiger partial charge >= 0.3 is 0 Å². The summed E-state index contributed by atoms with van der Waals surface area (Å²) in [5.41, 5.74) is 2.40. The predicted octanol–water partition coefficient (Wildman–Crippen LogP) is 1.86. The molecule has 0 amide bonds. The summed E-state index contributed by atoms with van der Waals surface area (Å²) in [6, 6.07) is 14.8. The lowest BCUT2D eigenvalue weighted by Crippen LogP contribution is -2.29. The Bertz CT molecular complexity index is 578. The Kier molecular flexibility index (Phi) is 4.24. The minimum absolute atomic E-state index is 0.324. The molecule has 4 heteroatoms. The van der Waals surface area contributed by atoms with E-state index in [0.717, 1.165) is 16.0 Å². The van der Waals surface area contributed by atoms with Crippen molar-refractivity contribution in [3.05, 3.63) is 54.1 Å². The highest BCUT2D eigenvalue weighted by molar-refractivity contribution is 7.98. The normalized spacial score (nSPS) is 12.1. The molecule has 0 radical (unpaired) electrons. The largest absolute Gasteiger partial charge is 0.547 e. The van der Waals surface area contributed by atoms with Gasteiger partial charge in [0.2, 0.25) is 0 Å². The molecule has 0 aliphatic carbocycles. The fourth-order valence-corrected chi connectivity index (χ4v) is 2.48. The Morgan fingerprint density at radius 2 is 1.79 bits per heavy atom. The van der Waals surface area contributed by atoms with Crippen LogP contribution < -0.4 is 5.11 Å². The van der Waals surface area contributed by atoms with Crippen LogP contribution in [0.4, 0.5) is 0 Å². The Morgan fingerprint density at radius 3 is 2.37 bits per heavy atom. The van der Waals surface area contributed by atoms with E-state index in [-0.39, 0.29) is 0 Å². The molecule has 0 spiro atoms. The SMILES string of the molecule is CSc1ccccc1-c1ccc(C(O)C(=O)[O-])cc1. The van der Waals surface area contributed by atoms with Crippen molar-refractivity contribution in [2.24, 2.45) is 0 Å². The zero-order valence-corrected chi connectivity index (χ0v) is 11.2. The third-order valence-corrected chi connectivity index (χ3v) is 3.66. The number of carbonyl (C=O) groups excluding carboxylic acids is 1. The molecule has 0 bridgehead atoms. The van der Waals surface area contributed by atoms with E-state index in [9.17, 15) is 15.0 Å². The second-order valence-corrected chi connectivity index (χ2v) is 4.89. The van der Waals surface area contributed by atoms with E-state index >= 15 is 0 Å². The predicted molar refractivity (Wildman–Crippen MR) is 73.6 cm³/mol. The third-order valence-electron chi connectivity index (χ3n) is 2.87. The van der Waals surface area contributed by atoms with Crippen molar-refractivity contribution in [1.29, 1.82) is 0 Å². The van der Waals surface area contributed by atoms with Gasteiger partial charge in [0.1, 0.15) is 6.10 Å². The van der Waals surface area contributed by atoms with Gasteiger partial charge in [-0.25, -0.2) is 0 Å². The molecule has 0 aromatic heterocycles. The summed E-state index contributed by atoms with van der Waals surface area (Å²) in [6.07, 6.45) is 0.428. The molecule has 0 aliphatic heterocycles. The van der Waals surface area contributed by atoms with Crippen molar-refractivity contribution in [3.63, 3.8) is 0 Å². The van der Waals surface area contributed by atoms with E-state index in [4.69, 9.17) is 0 Å². The highest BCUT2D eigenvalue weighted by Gasteiger charge is 2.09. The summed E-state index contributed by atoms with van der Waals surface area (Å²) in [4.78, 5) is 11.7. The number of hydrogen-bond acceptors (Lipinski definition) is 4. The Balaban J connectivity index is 2.35. The number of benzene rings is 2. The molecule has 2 aromatic rings. The number of carboxylic acid groups (broad SMARTS) is 1. The van der Waals surface area contributed by atoms with Crippen molar-refractivity contribution in [2.75, 3.05) is 6.26 Å². The van der Waals surface area contributed by atoms with Gasteiger partial charge in [0, 0.05) is 4.90 Å². The third kappa shape index (κ3) is 2.97. The zero-order valence-electron chi connectivity index (χ0n) is 10.4. The highest BCUT2D eigenvalue weighted by atomic mass is 32.2. The van der Waals surface area contributed by atoms with Gasteiger partial charge < -0.3 is 15.0 Å². The van der Waals surface area contributed by atoms with Gasteiger partial charge in [-0.3, -0.25) is 0 Å². The van der Waals surface area contributed by atoms with Crippen LogP contribution in [0.2, 0.25) is 0 Å². The highest BCUT2D eigenvalue weighted by Crippen LogP contribution is 2.30. The number of carbonyl (C=O) groups is 1. The van der Waals surface area contributed by atoms with Gasteiger partial charge in [-0.2, -0.15) is 0 Å². The number of thioether (sulfide) groups is 1.